The average molecular weight is 338 g/mol. The van der Waals surface area contributed by atoms with Gasteiger partial charge >= 0.3 is 0 Å². The third-order valence-corrected chi connectivity index (χ3v) is 6.82. The second kappa shape index (κ2) is 6.01. The van der Waals surface area contributed by atoms with Gasteiger partial charge in [0.15, 0.2) is 0 Å². The third-order valence-electron chi connectivity index (χ3n) is 3.51. The Morgan fingerprint density at radius 3 is 2.70 bits per heavy atom. The van der Waals surface area contributed by atoms with Crippen LogP contribution < -0.4 is 5.32 Å². The summed E-state index contributed by atoms with van der Waals surface area (Å²) in [7, 11) is 3.19. The molecular formula is C12H16ClNO4S2. The van der Waals surface area contributed by atoms with E-state index in [9.17, 15) is 13.2 Å². The maximum Gasteiger partial charge on any atom is 0.271 e. The number of carbonyl (C=O) groups excluding carboxylic acids is 1. The molecule has 0 radical (unpaired) electrons. The molecule has 1 aromatic heterocycles. The van der Waals surface area contributed by atoms with Crippen LogP contribution in [0.3, 0.4) is 0 Å². The molecule has 2 rings (SSSR count). The van der Waals surface area contributed by atoms with Crippen LogP contribution in [0, 0.1) is 6.92 Å². The van der Waals surface area contributed by atoms with Crippen molar-refractivity contribution in [3.8, 4) is 0 Å². The zero-order valence-electron chi connectivity index (χ0n) is 11.2. The smallest absolute Gasteiger partial charge is 0.271 e. The number of methoxy groups -OCH3 is 1. The molecule has 1 amide bonds. The van der Waals surface area contributed by atoms with Gasteiger partial charge in [-0.2, -0.15) is 0 Å². The molecule has 1 fully saturated rings. The normalized spacial score (nSPS) is 22.9. The van der Waals surface area contributed by atoms with Gasteiger partial charge in [0.05, 0.1) is 11.7 Å². The summed E-state index contributed by atoms with van der Waals surface area (Å²) in [6.45, 7) is 1.59. The lowest BCUT2D eigenvalue weighted by atomic mass is 10.2. The maximum absolute atomic E-state index is 12.2. The van der Waals surface area contributed by atoms with Gasteiger partial charge in [0.25, 0.3) is 15.0 Å². The second-order valence-corrected chi connectivity index (χ2v) is 8.48. The van der Waals surface area contributed by atoms with Crippen LogP contribution in [0.15, 0.2) is 9.59 Å². The van der Waals surface area contributed by atoms with Crippen LogP contribution in [0.1, 0.15) is 35.2 Å². The van der Waals surface area contributed by atoms with E-state index < -0.39 is 9.05 Å². The highest BCUT2D eigenvalue weighted by Crippen LogP contribution is 2.30. The van der Waals surface area contributed by atoms with E-state index in [4.69, 9.17) is 15.4 Å². The van der Waals surface area contributed by atoms with Gasteiger partial charge in [-0.1, -0.05) is 0 Å². The molecule has 1 N–H and O–H groups in total. The van der Waals surface area contributed by atoms with Crippen LogP contribution in [0.4, 0.5) is 0 Å². The first kappa shape index (κ1) is 15.8. The number of nitrogens with one attached hydrogen (secondary N) is 1. The van der Waals surface area contributed by atoms with Gasteiger partial charge < -0.3 is 10.1 Å². The van der Waals surface area contributed by atoms with Gasteiger partial charge in [0, 0.05) is 29.2 Å². The van der Waals surface area contributed by atoms with Crippen molar-refractivity contribution in [2.24, 2.45) is 0 Å². The average Bonchev–Trinajstić information content (AvgIpc) is 2.94. The highest BCUT2D eigenvalue weighted by atomic mass is 35.7. The van der Waals surface area contributed by atoms with Crippen molar-refractivity contribution in [2.45, 2.75) is 42.5 Å². The first-order valence-electron chi connectivity index (χ1n) is 6.19. The van der Waals surface area contributed by atoms with E-state index in [1.807, 2.05) is 0 Å². The molecule has 112 valence electrons. The summed E-state index contributed by atoms with van der Waals surface area (Å²) in [5.41, 5.74) is 0.777. The number of hydrogen-bond donors (Lipinski definition) is 1. The molecule has 1 aromatic rings. The summed E-state index contributed by atoms with van der Waals surface area (Å²) in [5, 5.41) is 4.45. The molecule has 0 spiro atoms. The molecular weight excluding hydrogens is 322 g/mol. The van der Waals surface area contributed by atoms with Crippen LogP contribution in [0.25, 0.3) is 0 Å². The Kier molecular flexibility index (Phi) is 4.73. The highest BCUT2D eigenvalue weighted by molar-refractivity contribution is 8.15. The Balaban J connectivity index is 2.09. The van der Waals surface area contributed by atoms with Gasteiger partial charge in [-0.25, -0.2) is 8.42 Å². The minimum Gasteiger partial charge on any atom is -0.381 e. The number of carbonyl (C=O) groups is 1. The topological polar surface area (TPSA) is 72.5 Å². The number of halogens is 1. The molecule has 0 saturated heterocycles. The van der Waals surface area contributed by atoms with Crippen molar-refractivity contribution in [3.63, 3.8) is 0 Å². The second-order valence-electron chi connectivity index (χ2n) is 4.84. The number of ether oxygens (including phenoxy) is 1. The Bertz CT molecular complexity index is 611. The molecule has 5 nitrogen and oxygen atoms in total. The Hall–Kier alpha value is -0.630. The number of amides is 1. The van der Waals surface area contributed by atoms with Crippen LogP contribution in [-0.4, -0.2) is 33.6 Å². The summed E-state index contributed by atoms with van der Waals surface area (Å²) < 4.78 is 28.0. The van der Waals surface area contributed by atoms with E-state index in [1.165, 1.54) is 5.38 Å². The number of hydrogen-bond acceptors (Lipinski definition) is 5. The van der Waals surface area contributed by atoms with E-state index in [-0.39, 0.29) is 22.3 Å². The van der Waals surface area contributed by atoms with Crippen LogP contribution in [-0.2, 0) is 13.8 Å². The predicted octanol–water partition coefficient (Wildman–Crippen LogP) is 2.28. The van der Waals surface area contributed by atoms with Crippen LogP contribution in [0.2, 0.25) is 0 Å². The Labute approximate surface area is 126 Å². The first-order valence-corrected chi connectivity index (χ1v) is 9.38. The third kappa shape index (κ3) is 3.33. The Morgan fingerprint density at radius 2 is 2.20 bits per heavy atom. The molecule has 2 atom stereocenters. The molecule has 0 aromatic carbocycles. The summed E-state index contributed by atoms with van der Waals surface area (Å²) in [4.78, 5) is 12.2. The minimum atomic E-state index is -3.80. The van der Waals surface area contributed by atoms with E-state index in [1.54, 1.807) is 14.0 Å². The Morgan fingerprint density at radius 1 is 1.50 bits per heavy atom. The van der Waals surface area contributed by atoms with Gasteiger partial charge in [-0.3, -0.25) is 4.79 Å². The summed E-state index contributed by atoms with van der Waals surface area (Å²) in [6.07, 6.45) is 2.76. The van der Waals surface area contributed by atoms with Gasteiger partial charge in [0.1, 0.15) is 4.21 Å². The lowest BCUT2D eigenvalue weighted by Gasteiger charge is -2.12. The molecule has 1 aliphatic rings. The molecule has 1 heterocycles. The lowest BCUT2D eigenvalue weighted by Crippen LogP contribution is -2.33. The standard InChI is InChI=1S/C12H16ClNO4S2/c1-7-10(6-19-12(7)20(13,16)17)11(15)14-8-3-4-9(5-8)18-2/h6,8-9H,3-5H2,1-2H3,(H,14,15). The number of thiophene rings is 1. The maximum atomic E-state index is 12.2. The first-order chi connectivity index (χ1) is 9.32. The van der Waals surface area contributed by atoms with Gasteiger partial charge in [0.2, 0.25) is 0 Å². The molecule has 0 aliphatic heterocycles. The fourth-order valence-electron chi connectivity index (χ4n) is 2.41. The molecule has 2 unspecified atom stereocenters. The number of rotatable bonds is 4. The van der Waals surface area contributed by atoms with Crippen molar-refractivity contribution >= 4 is 37.0 Å². The van der Waals surface area contributed by atoms with Crippen molar-refractivity contribution in [1.29, 1.82) is 0 Å². The lowest BCUT2D eigenvalue weighted by molar-refractivity contribution is 0.0915. The zero-order valence-corrected chi connectivity index (χ0v) is 13.6. The van der Waals surface area contributed by atoms with E-state index in [0.29, 0.717) is 11.1 Å². The summed E-state index contributed by atoms with van der Waals surface area (Å²) >= 11 is 0.969. The zero-order chi connectivity index (χ0) is 14.9. The van der Waals surface area contributed by atoms with Crippen LogP contribution in [0.5, 0.6) is 0 Å². The summed E-state index contributed by atoms with van der Waals surface area (Å²) in [5.74, 6) is -0.257. The quantitative estimate of drug-likeness (QED) is 0.855. The largest absolute Gasteiger partial charge is 0.381 e. The predicted molar refractivity (Wildman–Crippen MR) is 78.0 cm³/mol. The van der Waals surface area contributed by atoms with Gasteiger partial charge in [-0.05, 0) is 31.7 Å². The fraction of sp³-hybridized carbons (Fsp3) is 0.583. The van der Waals surface area contributed by atoms with Crippen molar-refractivity contribution < 1.29 is 17.9 Å². The van der Waals surface area contributed by atoms with Crippen molar-refractivity contribution in [1.82, 2.24) is 5.32 Å². The minimum absolute atomic E-state index is 0.0329. The molecule has 8 heteroatoms. The molecule has 0 bridgehead atoms. The van der Waals surface area contributed by atoms with E-state index in [2.05, 4.69) is 5.32 Å². The SMILES string of the molecule is COC1CCC(NC(=O)c2csc(S(=O)(=O)Cl)c2C)C1. The van der Waals surface area contributed by atoms with E-state index >= 15 is 0 Å². The van der Waals surface area contributed by atoms with Crippen LogP contribution >= 0.6 is 22.0 Å². The fourth-order valence-corrected chi connectivity index (χ4v) is 4.96. The molecule has 1 saturated carbocycles. The molecule has 1 aliphatic carbocycles. The summed E-state index contributed by atoms with van der Waals surface area (Å²) in [6, 6.07) is 0.0720. The van der Waals surface area contributed by atoms with Crippen molar-refractivity contribution in [2.75, 3.05) is 7.11 Å². The van der Waals surface area contributed by atoms with Crippen molar-refractivity contribution in [3.05, 3.63) is 16.5 Å². The van der Waals surface area contributed by atoms with Gasteiger partial charge in [-0.15, -0.1) is 11.3 Å². The highest BCUT2D eigenvalue weighted by Gasteiger charge is 2.28. The monoisotopic (exact) mass is 337 g/mol. The van der Waals surface area contributed by atoms with E-state index in [0.717, 1.165) is 30.6 Å². The molecule has 20 heavy (non-hydrogen) atoms.